The van der Waals surface area contributed by atoms with Gasteiger partial charge >= 0.3 is 5.97 Å². The van der Waals surface area contributed by atoms with Crippen molar-refractivity contribution in [2.24, 2.45) is 5.41 Å². The van der Waals surface area contributed by atoms with Crippen molar-refractivity contribution in [3.05, 3.63) is 0 Å². The molecule has 0 aromatic rings. The number of carbonyl (C=O) groups is 1. The maximum absolute atomic E-state index is 11.9. The third-order valence-electron chi connectivity index (χ3n) is 3.36. The highest BCUT2D eigenvalue weighted by Gasteiger charge is 2.47. The van der Waals surface area contributed by atoms with Crippen LogP contribution in [0.5, 0.6) is 0 Å². The molecule has 6 nitrogen and oxygen atoms in total. The van der Waals surface area contributed by atoms with Crippen molar-refractivity contribution in [2.75, 3.05) is 23.0 Å². The van der Waals surface area contributed by atoms with Gasteiger partial charge in [0, 0.05) is 5.75 Å². The van der Waals surface area contributed by atoms with Crippen LogP contribution in [0, 0.1) is 5.41 Å². The fraction of sp³-hybridized carbons (Fsp3) is 0.909. The summed E-state index contributed by atoms with van der Waals surface area (Å²) in [5.41, 5.74) is -0.603. The van der Waals surface area contributed by atoms with Gasteiger partial charge < -0.3 is 5.11 Å². The Bertz CT molecular complexity index is 528. The summed E-state index contributed by atoms with van der Waals surface area (Å²) in [5.74, 6) is -1.43. The average Bonchev–Trinajstić information content (AvgIpc) is 2.94. The van der Waals surface area contributed by atoms with E-state index in [0.717, 1.165) is 0 Å². The van der Waals surface area contributed by atoms with E-state index >= 15 is 0 Å². The molecule has 0 aliphatic heterocycles. The lowest BCUT2D eigenvalue weighted by molar-refractivity contribution is -0.138. The van der Waals surface area contributed by atoms with Gasteiger partial charge in [-0.15, -0.1) is 0 Å². The number of aliphatic carboxylic acids is 1. The molecule has 8 heteroatoms. The molecule has 19 heavy (non-hydrogen) atoms. The summed E-state index contributed by atoms with van der Waals surface area (Å²) in [4.78, 5) is 10.7. The van der Waals surface area contributed by atoms with Gasteiger partial charge in [0.1, 0.15) is 9.84 Å². The fourth-order valence-electron chi connectivity index (χ4n) is 2.05. The summed E-state index contributed by atoms with van der Waals surface area (Å²) >= 11 is 0. The van der Waals surface area contributed by atoms with Gasteiger partial charge in [-0.05, 0) is 24.7 Å². The molecule has 0 radical (unpaired) electrons. The Morgan fingerprint density at radius 3 is 2.05 bits per heavy atom. The summed E-state index contributed by atoms with van der Waals surface area (Å²) in [6, 6.07) is 0. The van der Waals surface area contributed by atoms with Gasteiger partial charge in [-0.2, -0.15) is 0 Å². The van der Waals surface area contributed by atoms with Crippen molar-refractivity contribution >= 4 is 25.6 Å². The van der Waals surface area contributed by atoms with Gasteiger partial charge in [-0.25, -0.2) is 16.8 Å². The Morgan fingerprint density at radius 1 is 1.11 bits per heavy atom. The van der Waals surface area contributed by atoms with Crippen LogP contribution >= 0.6 is 0 Å². The lowest BCUT2D eigenvalue weighted by Gasteiger charge is -2.12. The molecule has 1 N–H and O–H groups in total. The Balaban J connectivity index is 2.47. The maximum Gasteiger partial charge on any atom is 0.303 e. The third kappa shape index (κ3) is 5.90. The maximum atomic E-state index is 11.9. The second-order valence-corrected chi connectivity index (χ2v) is 9.91. The largest absolute Gasteiger partial charge is 0.481 e. The van der Waals surface area contributed by atoms with Gasteiger partial charge in [0.15, 0.2) is 9.84 Å². The molecule has 1 saturated carbocycles. The first-order chi connectivity index (χ1) is 8.60. The summed E-state index contributed by atoms with van der Waals surface area (Å²) in [6.45, 7) is 1.52. The minimum Gasteiger partial charge on any atom is -0.481 e. The minimum absolute atomic E-state index is 0.00992. The van der Waals surface area contributed by atoms with Crippen LogP contribution < -0.4 is 0 Å². The van der Waals surface area contributed by atoms with E-state index < -0.39 is 31.1 Å². The second kappa shape index (κ2) is 5.78. The Labute approximate surface area is 114 Å². The molecule has 0 amide bonds. The number of hydrogen-bond donors (Lipinski definition) is 1. The fourth-order valence-corrected chi connectivity index (χ4v) is 5.16. The molecule has 0 bridgehead atoms. The van der Waals surface area contributed by atoms with Gasteiger partial charge in [-0.3, -0.25) is 4.79 Å². The molecule has 1 aliphatic carbocycles. The van der Waals surface area contributed by atoms with E-state index in [4.69, 9.17) is 5.11 Å². The summed E-state index contributed by atoms with van der Waals surface area (Å²) in [5, 5.41) is 8.73. The molecule has 0 aromatic heterocycles. The van der Waals surface area contributed by atoms with Gasteiger partial charge in [-0.1, -0.05) is 6.92 Å². The van der Waals surface area contributed by atoms with Crippen LogP contribution in [0.3, 0.4) is 0 Å². The highest BCUT2D eigenvalue weighted by molar-refractivity contribution is 7.92. The van der Waals surface area contributed by atoms with Crippen LogP contribution in [0.4, 0.5) is 0 Å². The lowest BCUT2D eigenvalue weighted by Crippen LogP contribution is -2.23. The van der Waals surface area contributed by atoms with Crippen LogP contribution in [0.1, 0.15) is 32.6 Å². The van der Waals surface area contributed by atoms with Crippen LogP contribution in [0.15, 0.2) is 0 Å². The molecule has 1 fully saturated rings. The van der Waals surface area contributed by atoms with Crippen molar-refractivity contribution < 1.29 is 26.7 Å². The molecule has 0 spiro atoms. The van der Waals surface area contributed by atoms with Crippen molar-refractivity contribution in [2.45, 2.75) is 32.6 Å². The summed E-state index contributed by atoms with van der Waals surface area (Å²) in [6.07, 6.45) is 1.19. The van der Waals surface area contributed by atoms with E-state index in [2.05, 4.69) is 0 Å². The van der Waals surface area contributed by atoms with Crippen molar-refractivity contribution in [3.8, 4) is 0 Å². The smallest absolute Gasteiger partial charge is 0.303 e. The van der Waals surface area contributed by atoms with Crippen molar-refractivity contribution in [3.63, 3.8) is 0 Å². The molecule has 1 rings (SSSR count). The van der Waals surface area contributed by atoms with Crippen LogP contribution in [0.2, 0.25) is 0 Å². The number of carboxylic acids is 1. The molecule has 112 valence electrons. The molecular weight excluding hydrogens is 292 g/mol. The van der Waals surface area contributed by atoms with Gasteiger partial charge in [0.2, 0.25) is 0 Å². The molecule has 0 aromatic carbocycles. The van der Waals surface area contributed by atoms with E-state index in [9.17, 15) is 21.6 Å². The standard InChI is InChI=1S/C11H20O6S2/c1-2-18(14,15)6-3-7-19(16,17)9-11(4-5-11)8-10(12)13/h2-9H2,1H3,(H,12,13). The number of carboxylic acid groups (broad SMARTS) is 1. The monoisotopic (exact) mass is 312 g/mol. The number of rotatable bonds is 9. The van der Waals surface area contributed by atoms with E-state index in [0.29, 0.717) is 12.8 Å². The van der Waals surface area contributed by atoms with E-state index in [1.165, 1.54) is 6.92 Å². The first-order valence-corrected chi connectivity index (χ1v) is 9.87. The topological polar surface area (TPSA) is 106 Å². The van der Waals surface area contributed by atoms with Gasteiger partial charge in [0.05, 0.1) is 23.7 Å². The zero-order chi connectivity index (χ0) is 14.7. The van der Waals surface area contributed by atoms with Crippen molar-refractivity contribution in [1.29, 1.82) is 0 Å². The second-order valence-electron chi connectivity index (χ2n) is 5.25. The SMILES string of the molecule is CCS(=O)(=O)CCCS(=O)(=O)CC1(CC(=O)O)CC1. The highest BCUT2D eigenvalue weighted by atomic mass is 32.2. The normalized spacial score (nSPS) is 18.2. The summed E-state index contributed by atoms with van der Waals surface area (Å²) in [7, 11) is -6.53. The Morgan fingerprint density at radius 2 is 1.63 bits per heavy atom. The number of hydrogen-bond acceptors (Lipinski definition) is 5. The first kappa shape index (κ1) is 16.4. The Hall–Kier alpha value is -0.630. The molecular formula is C11H20O6S2. The van der Waals surface area contributed by atoms with E-state index in [-0.39, 0.29) is 35.9 Å². The van der Waals surface area contributed by atoms with Crippen LogP contribution in [0.25, 0.3) is 0 Å². The van der Waals surface area contributed by atoms with Crippen LogP contribution in [-0.4, -0.2) is 50.9 Å². The molecule has 0 heterocycles. The molecule has 1 aliphatic rings. The van der Waals surface area contributed by atoms with Crippen molar-refractivity contribution in [1.82, 2.24) is 0 Å². The number of sulfone groups is 2. The highest BCUT2D eigenvalue weighted by Crippen LogP contribution is 2.49. The quantitative estimate of drug-likeness (QED) is 0.664. The molecule has 0 atom stereocenters. The van der Waals surface area contributed by atoms with E-state index in [1.807, 2.05) is 0 Å². The molecule has 0 unspecified atom stereocenters. The van der Waals surface area contributed by atoms with Gasteiger partial charge in [0.25, 0.3) is 0 Å². The zero-order valence-electron chi connectivity index (χ0n) is 11.0. The van der Waals surface area contributed by atoms with E-state index in [1.54, 1.807) is 0 Å². The average molecular weight is 312 g/mol. The predicted octanol–water partition coefficient (Wildman–Crippen LogP) is 0.481. The first-order valence-electron chi connectivity index (χ1n) is 6.22. The minimum atomic E-state index is -3.38. The lowest BCUT2D eigenvalue weighted by atomic mass is 10.1. The third-order valence-corrected chi connectivity index (χ3v) is 7.11. The van der Waals surface area contributed by atoms with Crippen LogP contribution in [-0.2, 0) is 24.5 Å². The Kier molecular flexibility index (Phi) is 5.00. The molecule has 0 saturated heterocycles. The summed E-state index contributed by atoms with van der Waals surface area (Å²) < 4.78 is 46.2. The zero-order valence-corrected chi connectivity index (χ0v) is 12.6. The predicted molar refractivity (Wildman–Crippen MR) is 71.5 cm³/mol.